The van der Waals surface area contributed by atoms with E-state index >= 15 is 0 Å². The van der Waals surface area contributed by atoms with Crippen LogP contribution >= 0.6 is 11.8 Å². The number of nitrogens with one attached hydrogen (secondary N) is 3. The fraction of sp³-hybridized carbons (Fsp3) is 1.00. The Morgan fingerprint density at radius 2 is 1.86 bits per heavy atom. The van der Waals surface area contributed by atoms with Gasteiger partial charge in [0.15, 0.2) is 5.79 Å². The van der Waals surface area contributed by atoms with Gasteiger partial charge in [-0.05, 0) is 13.0 Å². The summed E-state index contributed by atoms with van der Waals surface area (Å²) in [5.41, 5.74) is 0.409. The third-order valence-electron chi connectivity index (χ3n) is 5.17. The molecule has 0 saturated carbocycles. The van der Waals surface area contributed by atoms with Crippen LogP contribution in [-0.4, -0.2) is 97.6 Å². The minimum atomic E-state index is -0.121. The number of nitrogens with zero attached hydrogens (tertiary/aromatic N) is 3. The molecule has 4 aliphatic heterocycles. The van der Waals surface area contributed by atoms with E-state index in [0.717, 1.165) is 65.8 Å². The lowest BCUT2D eigenvalue weighted by molar-refractivity contribution is -0.236. The van der Waals surface area contributed by atoms with E-state index < -0.39 is 0 Å². The molecule has 0 radical (unpaired) electrons. The molecule has 0 aromatic heterocycles. The molecule has 4 fully saturated rings. The van der Waals surface area contributed by atoms with Crippen molar-refractivity contribution in [3.8, 4) is 0 Å². The largest absolute Gasteiger partial charge is 0.375 e. The minimum absolute atomic E-state index is 0.121. The van der Waals surface area contributed by atoms with Crippen LogP contribution < -0.4 is 16.0 Å². The molecule has 0 aromatic rings. The van der Waals surface area contributed by atoms with Gasteiger partial charge >= 0.3 is 0 Å². The third-order valence-corrected chi connectivity index (χ3v) is 6.35. The number of ether oxygens (including phenoxy) is 1. The average molecular weight is 328 g/mol. The van der Waals surface area contributed by atoms with Gasteiger partial charge in [0.25, 0.3) is 0 Å². The number of hydrogen-bond donors (Lipinski definition) is 3. The molecule has 0 spiro atoms. The summed E-state index contributed by atoms with van der Waals surface area (Å²) in [4.78, 5) is 7.84. The number of thioether (sulfide) groups is 1. The van der Waals surface area contributed by atoms with Crippen LogP contribution in [0, 0.1) is 0 Å². The van der Waals surface area contributed by atoms with Gasteiger partial charge in [-0.1, -0.05) is 0 Å². The monoisotopic (exact) mass is 328 g/mol. The van der Waals surface area contributed by atoms with Crippen molar-refractivity contribution < 1.29 is 4.74 Å². The second-order valence-corrected chi connectivity index (χ2v) is 7.58. The van der Waals surface area contributed by atoms with E-state index in [1.807, 2.05) is 11.8 Å². The highest BCUT2D eigenvalue weighted by atomic mass is 32.2. The Morgan fingerprint density at radius 1 is 1.00 bits per heavy atom. The standard InChI is InChI=1S/C14H28N6OS/c1-2-15-11-18(5-1)14(19-6-3-16-12-19)10-21-8-7-20(14)13-17-4-9-22-13/h13,15-17H,1-12H2. The zero-order chi connectivity index (χ0) is 14.8. The summed E-state index contributed by atoms with van der Waals surface area (Å²) >= 11 is 2.04. The number of hydrogen-bond acceptors (Lipinski definition) is 8. The first-order valence-electron chi connectivity index (χ1n) is 8.52. The third kappa shape index (κ3) is 2.69. The molecule has 0 amide bonds. The molecule has 3 N–H and O–H groups in total. The maximum absolute atomic E-state index is 6.02. The van der Waals surface area contributed by atoms with Crippen molar-refractivity contribution in [2.75, 3.05) is 71.6 Å². The van der Waals surface area contributed by atoms with Crippen LogP contribution in [0.5, 0.6) is 0 Å². The molecule has 2 atom stereocenters. The Hall–Kier alpha value is 0.0700. The SMILES string of the molecule is C1CNCN(C2(N3CCNC3)COCCN2C2NCCS2)C1. The van der Waals surface area contributed by atoms with Crippen molar-refractivity contribution in [2.24, 2.45) is 0 Å². The summed E-state index contributed by atoms with van der Waals surface area (Å²) in [5, 5.41) is 10.8. The lowest BCUT2D eigenvalue weighted by Crippen LogP contribution is -2.78. The minimum Gasteiger partial charge on any atom is -0.375 e. The van der Waals surface area contributed by atoms with Gasteiger partial charge in [-0.3, -0.25) is 15.1 Å². The van der Waals surface area contributed by atoms with Gasteiger partial charge in [0.05, 0.1) is 26.6 Å². The van der Waals surface area contributed by atoms with E-state index in [2.05, 4.69) is 30.7 Å². The van der Waals surface area contributed by atoms with E-state index in [-0.39, 0.29) is 5.79 Å². The Kier molecular flexibility index (Phi) is 4.89. The smallest absolute Gasteiger partial charge is 0.159 e. The summed E-state index contributed by atoms with van der Waals surface area (Å²) in [7, 11) is 0. The van der Waals surface area contributed by atoms with Crippen molar-refractivity contribution in [1.82, 2.24) is 30.7 Å². The van der Waals surface area contributed by atoms with Gasteiger partial charge in [0.1, 0.15) is 5.50 Å². The van der Waals surface area contributed by atoms with E-state index in [0.29, 0.717) is 5.50 Å². The van der Waals surface area contributed by atoms with Gasteiger partial charge in [0, 0.05) is 38.5 Å². The fourth-order valence-electron chi connectivity index (χ4n) is 4.10. The van der Waals surface area contributed by atoms with Crippen molar-refractivity contribution in [3.63, 3.8) is 0 Å². The number of rotatable bonds is 3. The van der Waals surface area contributed by atoms with Crippen molar-refractivity contribution >= 4 is 11.8 Å². The molecule has 2 unspecified atom stereocenters. The predicted octanol–water partition coefficient (Wildman–Crippen LogP) is -1.29. The van der Waals surface area contributed by atoms with Crippen LogP contribution in [0.4, 0.5) is 0 Å². The van der Waals surface area contributed by atoms with Crippen molar-refractivity contribution in [2.45, 2.75) is 17.7 Å². The highest BCUT2D eigenvalue weighted by Gasteiger charge is 2.53. The first kappa shape index (κ1) is 15.6. The Labute approximate surface area is 137 Å². The highest BCUT2D eigenvalue weighted by Crippen LogP contribution is 2.35. The zero-order valence-corrected chi connectivity index (χ0v) is 14.0. The van der Waals surface area contributed by atoms with E-state index in [1.165, 1.54) is 12.2 Å². The molecule has 7 nitrogen and oxygen atoms in total. The topological polar surface area (TPSA) is 55.0 Å². The Morgan fingerprint density at radius 3 is 2.59 bits per heavy atom. The average Bonchev–Trinajstić information content (AvgIpc) is 3.29. The molecule has 4 aliphatic rings. The van der Waals surface area contributed by atoms with Gasteiger partial charge in [-0.25, -0.2) is 4.90 Å². The maximum Gasteiger partial charge on any atom is 0.159 e. The van der Waals surface area contributed by atoms with Gasteiger partial charge in [0.2, 0.25) is 0 Å². The normalized spacial score (nSPS) is 39.5. The van der Waals surface area contributed by atoms with Crippen LogP contribution in [0.25, 0.3) is 0 Å². The molecule has 8 heteroatoms. The summed E-state index contributed by atoms with van der Waals surface area (Å²) < 4.78 is 6.02. The molecule has 22 heavy (non-hydrogen) atoms. The Bertz CT molecular complexity index is 370. The molecule has 126 valence electrons. The van der Waals surface area contributed by atoms with Crippen LogP contribution in [-0.2, 0) is 4.74 Å². The number of morpholine rings is 1. The second-order valence-electron chi connectivity index (χ2n) is 6.39. The molecule has 0 aromatic carbocycles. The van der Waals surface area contributed by atoms with Crippen LogP contribution in [0.2, 0.25) is 0 Å². The molecule has 4 saturated heterocycles. The summed E-state index contributed by atoms with van der Waals surface area (Å²) in [5.74, 6) is 1.08. The quantitative estimate of drug-likeness (QED) is 0.592. The van der Waals surface area contributed by atoms with Crippen molar-refractivity contribution in [1.29, 1.82) is 0 Å². The second kappa shape index (κ2) is 6.90. The molecule has 4 heterocycles. The van der Waals surface area contributed by atoms with Crippen LogP contribution in [0.1, 0.15) is 6.42 Å². The predicted molar refractivity (Wildman–Crippen MR) is 88.3 cm³/mol. The maximum atomic E-state index is 6.02. The first-order chi connectivity index (χ1) is 10.9. The van der Waals surface area contributed by atoms with Crippen LogP contribution in [0.3, 0.4) is 0 Å². The fourth-order valence-corrected chi connectivity index (χ4v) is 5.25. The van der Waals surface area contributed by atoms with Gasteiger partial charge in [-0.2, -0.15) is 0 Å². The van der Waals surface area contributed by atoms with E-state index in [9.17, 15) is 0 Å². The summed E-state index contributed by atoms with van der Waals surface area (Å²) in [6.07, 6.45) is 1.21. The molecule has 4 rings (SSSR count). The lowest BCUT2D eigenvalue weighted by Gasteiger charge is -2.58. The summed E-state index contributed by atoms with van der Waals surface area (Å²) in [6, 6.07) is 0. The summed E-state index contributed by atoms with van der Waals surface area (Å²) in [6.45, 7) is 10.1. The molecular formula is C14H28N6OS. The molecule has 0 aliphatic carbocycles. The van der Waals surface area contributed by atoms with Crippen LogP contribution in [0.15, 0.2) is 0 Å². The molecular weight excluding hydrogens is 300 g/mol. The Balaban J connectivity index is 1.65. The van der Waals surface area contributed by atoms with E-state index in [1.54, 1.807) is 0 Å². The van der Waals surface area contributed by atoms with Gasteiger partial charge in [-0.15, -0.1) is 11.8 Å². The highest BCUT2D eigenvalue weighted by molar-refractivity contribution is 8.00. The van der Waals surface area contributed by atoms with E-state index in [4.69, 9.17) is 4.74 Å². The van der Waals surface area contributed by atoms with Crippen molar-refractivity contribution in [3.05, 3.63) is 0 Å². The first-order valence-corrected chi connectivity index (χ1v) is 9.57. The lowest BCUT2D eigenvalue weighted by atomic mass is 10.1. The molecule has 0 bridgehead atoms. The van der Waals surface area contributed by atoms with Gasteiger partial charge < -0.3 is 15.4 Å². The zero-order valence-electron chi connectivity index (χ0n) is 13.2.